The van der Waals surface area contributed by atoms with Gasteiger partial charge in [-0.2, -0.15) is 0 Å². The van der Waals surface area contributed by atoms with Crippen LogP contribution in [0.3, 0.4) is 0 Å². The largest absolute Gasteiger partial charge is 0.493 e. The maximum atomic E-state index is 14.1. The molecule has 1 amide bonds. The summed E-state index contributed by atoms with van der Waals surface area (Å²) in [6.07, 6.45) is 0. The lowest BCUT2D eigenvalue weighted by atomic mass is 9.96. The molecule has 0 N–H and O–H groups in total. The minimum Gasteiger partial charge on any atom is -0.493 e. The highest BCUT2D eigenvalue weighted by molar-refractivity contribution is 6.12. The highest BCUT2D eigenvalue weighted by Crippen LogP contribution is 2.49. The van der Waals surface area contributed by atoms with Gasteiger partial charge in [0.15, 0.2) is 22.7 Å². The quantitative estimate of drug-likeness (QED) is 0.311. The average Bonchev–Trinajstić information content (AvgIpc) is 3.48. The molecule has 0 spiro atoms. The van der Waals surface area contributed by atoms with Gasteiger partial charge in [0.1, 0.15) is 17.4 Å². The number of rotatable bonds is 5. The van der Waals surface area contributed by atoms with Crippen LogP contribution in [0.5, 0.6) is 17.2 Å². The lowest BCUT2D eigenvalue weighted by Crippen LogP contribution is -2.30. The van der Waals surface area contributed by atoms with Crippen LogP contribution in [0, 0.1) is 6.92 Å². The Kier molecular flexibility index (Phi) is 5.15. The molecule has 1 aliphatic heterocycles. The van der Waals surface area contributed by atoms with E-state index in [1.54, 1.807) is 31.2 Å². The Hall–Kier alpha value is -4.79. The second-order valence-electron chi connectivity index (χ2n) is 8.63. The van der Waals surface area contributed by atoms with E-state index in [9.17, 15) is 9.59 Å². The molecular weight excluding hydrogens is 476 g/mol. The van der Waals surface area contributed by atoms with Gasteiger partial charge in [0.2, 0.25) is 11.5 Å². The Morgan fingerprint density at radius 1 is 0.892 bits per heavy atom. The predicted molar refractivity (Wildman–Crippen MR) is 136 cm³/mol. The van der Waals surface area contributed by atoms with E-state index in [2.05, 4.69) is 5.16 Å². The second-order valence-corrected chi connectivity index (χ2v) is 8.63. The molecule has 3 aromatic carbocycles. The summed E-state index contributed by atoms with van der Waals surface area (Å²) < 4.78 is 28.3. The molecule has 6 rings (SSSR count). The molecular formula is C28H22N2O7. The van der Waals surface area contributed by atoms with E-state index in [4.69, 9.17) is 23.2 Å². The van der Waals surface area contributed by atoms with Gasteiger partial charge in [-0.15, -0.1) is 0 Å². The number of fused-ring (bicyclic) bond motifs is 4. The Labute approximate surface area is 210 Å². The Morgan fingerprint density at radius 3 is 2.38 bits per heavy atom. The Bertz CT molecular complexity index is 1770. The van der Waals surface area contributed by atoms with Crippen LogP contribution in [0.15, 0.2) is 68.3 Å². The van der Waals surface area contributed by atoms with Crippen molar-refractivity contribution < 1.29 is 27.9 Å². The maximum absolute atomic E-state index is 14.1. The van der Waals surface area contributed by atoms with Crippen molar-refractivity contribution in [1.29, 1.82) is 0 Å². The molecule has 0 aliphatic carbocycles. The summed E-state index contributed by atoms with van der Waals surface area (Å²) in [7, 11) is 4.49. The number of nitrogens with zero attached hydrogens (tertiary/aromatic N) is 2. The first-order valence-electron chi connectivity index (χ1n) is 11.5. The minimum atomic E-state index is -0.922. The first-order chi connectivity index (χ1) is 18.0. The van der Waals surface area contributed by atoms with Gasteiger partial charge in [-0.3, -0.25) is 14.5 Å². The molecule has 1 aliphatic rings. The lowest BCUT2D eigenvalue weighted by Gasteiger charge is -2.25. The fourth-order valence-electron chi connectivity index (χ4n) is 5.04. The molecule has 1 atom stereocenters. The molecule has 3 heterocycles. The van der Waals surface area contributed by atoms with Gasteiger partial charge >= 0.3 is 0 Å². The summed E-state index contributed by atoms with van der Waals surface area (Å²) in [6, 6.07) is 15.3. The van der Waals surface area contributed by atoms with Crippen molar-refractivity contribution in [3.8, 4) is 17.2 Å². The zero-order valence-corrected chi connectivity index (χ0v) is 20.5. The summed E-state index contributed by atoms with van der Waals surface area (Å²) in [6.45, 7) is 1.72. The van der Waals surface area contributed by atoms with Crippen LogP contribution in [0.1, 0.15) is 33.5 Å². The van der Waals surface area contributed by atoms with Crippen molar-refractivity contribution in [2.75, 3.05) is 26.2 Å². The van der Waals surface area contributed by atoms with Crippen LogP contribution in [-0.4, -0.2) is 32.4 Å². The summed E-state index contributed by atoms with van der Waals surface area (Å²) in [5.74, 6) is 1.25. The molecule has 186 valence electrons. The molecule has 0 radical (unpaired) electrons. The lowest BCUT2D eigenvalue weighted by molar-refractivity contribution is 0.0969. The molecule has 5 aromatic rings. The minimum absolute atomic E-state index is 0.0589. The third-order valence-electron chi connectivity index (χ3n) is 6.65. The highest BCUT2D eigenvalue weighted by atomic mass is 16.5. The number of hydrogen-bond donors (Lipinski definition) is 0. The van der Waals surface area contributed by atoms with Crippen molar-refractivity contribution in [3.63, 3.8) is 0 Å². The summed E-state index contributed by atoms with van der Waals surface area (Å²) in [4.78, 5) is 29.4. The monoisotopic (exact) mass is 498 g/mol. The van der Waals surface area contributed by atoms with Gasteiger partial charge in [0.05, 0.1) is 32.3 Å². The maximum Gasteiger partial charge on any atom is 0.296 e. The zero-order valence-electron chi connectivity index (χ0n) is 20.5. The third-order valence-corrected chi connectivity index (χ3v) is 6.65. The van der Waals surface area contributed by atoms with Crippen LogP contribution in [-0.2, 0) is 0 Å². The van der Waals surface area contributed by atoms with Crippen LogP contribution in [0.25, 0.3) is 21.7 Å². The molecule has 2 aromatic heterocycles. The van der Waals surface area contributed by atoms with Crippen LogP contribution >= 0.6 is 0 Å². The van der Waals surface area contributed by atoms with Crippen molar-refractivity contribution in [3.05, 3.63) is 87.5 Å². The Morgan fingerprint density at radius 2 is 1.68 bits per heavy atom. The van der Waals surface area contributed by atoms with Crippen LogP contribution in [0.4, 0.5) is 5.82 Å². The molecule has 0 saturated carbocycles. The van der Waals surface area contributed by atoms with E-state index in [0.717, 1.165) is 10.8 Å². The van der Waals surface area contributed by atoms with Crippen molar-refractivity contribution in [2.45, 2.75) is 13.0 Å². The second kappa shape index (κ2) is 8.41. The standard InChI is InChI=1S/C28H22N2O7/c1-14-13-20(29-37-14)30-22(17-11-12-19(33-2)26(35-4)25(17)34-3)21-23(31)18-10-9-15-7-5-6-8-16(15)24(18)36-27(21)28(30)32/h5-13,22H,1-4H3/t22-/m0/s1. The number of carbonyl (C=O) groups excluding carboxylic acids is 1. The fraction of sp³-hybridized carbons (Fsp3) is 0.179. The molecule has 0 unspecified atom stereocenters. The van der Waals surface area contributed by atoms with Crippen LogP contribution in [0.2, 0.25) is 0 Å². The normalized spacial score (nSPS) is 14.9. The van der Waals surface area contributed by atoms with Gasteiger partial charge in [-0.05, 0) is 30.5 Å². The van der Waals surface area contributed by atoms with Crippen molar-refractivity contribution in [2.24, 2.45) is 0 Å². The molecule has 0 fully saturated rings. The predicted octanol–water partition coefficient (Wildman–Crippen LogP) is 5.02. The van der Waals surface area contributed by atoms with Gasteiger partial charge < -0.3 is 23.2 Å². The number of aromatic nitrogens is 1. The van der Waals surface area contributed by atoms with E-state index < -0.39 is 11.9 Å². The van der Waals surface area contributed by atoms with Gasteiger partial charge in [0.25, 0.3) is 5.91 Å². The van der Waals surface area contributed by atoms with Gasteiger partial charge in [0, 0.05) is 17.0 Å². The summed E-state index contributed by atoms with van der Waals surface area (Å²) >= 11 is 0. The van der Waals surface area contributed by atoms with Crippen molar-refractivity contribution >= 4 is 33.5 Å². The Balaban J connectivity index is 1.71. The molecule has 9 heteroatoms. The van der Waals surface area contributed by atoms with E-state index in [1.165, 1.54) is 26.2 Å². The number of anilines is 1. The highest BCUT2D eigenvalue weighted by Gasteiger charge is 2.46. The molecule has 37 heavy (non-hydrogen) atoms. The average molecular weight is 498 g/mol. The summed E-state index contributed by atoms with van der Waals surface area (Å²) in [5, 5.41) is 6.08. The number of hydrogen-bond acceptors (Lipinski definition) is 8. The van der Waals surface area contributed by atoms with Gasteiger partial charge in [-0.1, -0.05) is 35.5 Å². The fourth-order valence-corrected chi connectivity index (χ4v) is 5.04. The summed E-state index contributed by atoms with van der Waals surface area (Å²) in [5.41, 5.74) is 0.714. The molecule has 0 saturated heterocycles. The number of carbonyl (C=O) groups is 1. The number of aryl methyl sites for hydroxylation is 1. The third kappa shape index (κ3) is 3.20. The first kappa shape index (κ1) is 22.7. The van der Waals surface area contributed by atoms with Crippen LogP contribution < -0.4 is 24.5 Å². The number of amides is 1. The number of benzene rings is 3. The molecule has 0 bridgehead atoms. The van der Waals surface area contributed by atoms with E-state index in [-0.39, 0.29) is 22.6 Å². The smallest absolute Gasteiger partial charge is 0.296 e. The number of ether oxygens (including phenoxy) is 3. The zero-order chi connectivity index (χ0) is 25.8. The number of methoxy groups -OCH3 is 3. The molecule has 9 nitrogen and oxygen atoms in total. The van der Waals surface area contributed by atoms with E-state index >= 15 is 0 Å². The van der Waals surface area contributed by atoms with E-state index in [1.807, 2.05) is 30.3 Å². The first-order valence-corrected chi connectivity index (χ1v) is 11.5. The van der Waals surface area contributed by atoms with Gasteiger partial charge in [-0.25, -0.2) is 0 Å². The van der Waals surface area contributed by atoms with E-state index in [0.29, 0.717) is 39.5 Å². The topological polar surface area (TPSA) is 104 Å². The SMILES string of the molecule is COc1ccc([C@H]2c3c(oc4c(ccc5ccccc54)c3=O)C(=O)N2c2cc(C)on2)c(OC)c1OC. The van der Waals surface area contributed by atoms with Crippen molar-refractivity contribution in [1.82, 2.24) is 5.16 Å².